The first kappa shape index (κ1) is 20.4. The van der Waals surface area contributed by atoms with E-state index >= 15 is 0 Å². The molecule has 0 saturated heterocycles. The van der Waals surface area contributed by atoms with Gasteiger partial charge in [0.1, 0.15) is 13.2 Å². The molecule has 1 N–H and O–H groups in total. The highest BCUT2D eigenvalue weighted by atomic mass is 32.2. The van der Waals surface area contributed by atoms with Crippen molar-refractivity contribution in [1.29, 1.82) is 0 Å². The number of nitrogens with one attached hydrogen (secondary N) is 1. The van der Waals surface area contributed by atoms with E-state index in [0.717, 1.165) is 17.1 Å². The van der Waals surface area contributed by atoms with E-state index in [-0.39, 0.29) is 17.2 Å². The van der Waals surface area contributed by atoms with Gasteiger partial charge < -0.3 is 14.8 Å². The molecule has 0 aromatic heterocycles. The lowest BCUT2D eigenvalue weighted by Gasteiger charge is -2.21. The van der Waals surface area contributed by atoms with Crippen LogP contribution < -0.4 is 14.8 Å². The summed E-state index contributed by atoms with van der Waals surface area (Å²) in [5.41, 5.74) is 3.39. The van der Waals surface area contributed by atoms with Crippen LogP contribution in [0.4, 0.5) is 0 Å². The molecule has 1 aliphatic rings. The Morgan fingerprint density at radius 2 is 1.47 bits per heavy atom. The number of rotatable bonds is 7. The third-order valence-electron chi connectivity index (χ3n) is 5.03. The molecule has 0 bridgehead atoms. The first-order chi connectivity index (χ1) is 14.7. The van der Waals surface area contributed by atoms with E-state index in [2.05, 4.69) is 29.6 Å². The van der Waals surface area contributed by atoms with Gasteiger partial charge in [0.05, 0.1) is 17.0 Å². The van der Waals surface area contributed by atoms with Crippen molar-refractivity contribution in [2.75, 3.05) is 19.0 Å². The molecule has 1 atom stereocenters. The van der Waals surface area contributed by atoms with Crippen LogP contribution in [0, 0.1) is 0 Å². The monoisotopic (exact) mass is 419 g/mol. The maximum atomic E-state index is 12.7. The van der Waals surface area contributed by atoms with Crippen molar-refractivity contribution >= 4 is 17.7 Å². The van der Waals surface area contributed by atoms with Crippen LogP contribution >= 0.6 is 11.8 Å². The van der Waals surface area contributed by atoms with Gasteiger partial charge in [0, 0.05) is 0 Å². The zero-order chi connectivity index (χ0) is 20.8. The minimum absolute atomic E-state index is 0.0132. The van der Waals surface area contributed by atoms with Gasteiger partial charge >= 0.3 is 0 Å². The summed E-state index contributed by atoms with van der Waals surface area (Å²) >= 11 is 1.64. The molecule has 4 rings (SSSR count). The molecule has 1 amide bonds. The van der Waals surface area contributed by atoms with Crippen LogP contribution in [0.3, 0.4) is 0 Å². The largest absolute Gasteiger partial charge is 0.486 e. The van der Waals surface area contributed by atoms with Crippen LogP contribution in [-0.4, -0.2) is 24.9 Å². The first-order valence-electron chi connectivity index (χ1n) is 10.1. The Bertz CT molecular complexity index is 939. The Kier molecular flexibility index (Phi) is 6.60. The van der Waals surface area contributed by atoms with Crippen molar-refractivity contribution in [3.63, 3.8) is 0 Å². The molecular weight excluding hydrogens is 394 g/mol. The van der Waals surface area contributed by atoms with E-state index in [1.807, 2.05) is 61.5 Å². The number of carbonyl (C=O) groups is 1. The topological polar surface area (TPSA) is 47.6 Å². The molecule has 154 valence electrons. The summed E-state index contributed by atoms with van der Waals surface area (Å²) in [7, 11) is 0. The second-order valence-electron chi connectivity index (χ2n) is 7.20. The minimum Gasteiger partial charge on any atom is -0.486 e. The highest BCUT2D eigenvalue weighted by Crippen LogP contribution is 2.36. The Balaban J connectivity index is 1.40. The van der Waals surface area contributed by atoms with Gasteiger partial charge in [-0.15, -0.1) is 11.8 Å². The van der Waals surface area contributed by atoms with E-state index in [0.29, 0.717) is 19.0 Å². The van der Waals surface area contributed by atoms with Crippen LogP contribution in [0.5, 0.6) is 11.5 Å². The lowest BCUT2D eigenvalue weighted by Crippen LogP contribution is -2.28. The van der Waals surface area contributed by atoms with Gasteiger partial charge in [-0.2, -0.15) is 0 Å². The summed E-state index contributed by atoms with van der Waals surface area (Å²) in [6.45, 7) is 3.11. The number of thioether (sulfide) groups is 1. The average molecular weight is 420 g/mol. The number of hydrogen-bond donors (Lipinski definition) is 1. The summed E-state index contributed by atoms with van der Waals surface area (Å²) in [5.74, 6) is 1.89. The average Bonchev–Trinajstić information content (AvgIpc) is 2.80. The molecule has 1 aliphatic heterocycles. The predicted molar refractivity (Wildman–Crippen MR) is 121 cm³/mol. The molecule has 1 unspecified atom stereocenters. The SMILES string of the molecule is CC(NC(=O)CSC(c1ccccc1)c1ccccc1)c1ccc2c(c1)OCCO2. The zero-order valence-electron chi connectivity index (χ0n) is 16.9. The third kappa shape index (κ3) is 4.97. The van der Waals surface area contributed by atoms with E-state index < -0.39 is 0 Å². The second kappa shape index (κ2) is 9.72. The van der Waals surface area contributed by atoms with E-state index in [9.17, 15) is 4.79 Å². The van der Waals surface area contributed by atoms with Gasteiger partial charge in [0.2, 0.25) is 5.91 Å². The Morgan fingerprint density at radius 1 is 0.867 bits per heavy atom. The maximum absolute atomic E-state index is 12.7. The van der Waals surface area contributed by atoms with Crippen molar-refractivity contribution in [2.45, 2.75) is 18.2 Å². The number of fused-ring (bicyclic) bond motifs is 1. The van der Waals surface area contributed by atoms with Gasteiger partial charge in [-0.1, -0.05) is 66.7 Å². The maximum Gasteiger partial charge on any atom is 0.230 e. The van der Waals surface area contributed by atoms with Gasteiger partial charge in [0.15, 0.2) is 11.5 Å². The Labute approximate surface area is 181 Å². The molecule has 0 saturated carbocycles. The molecule has 0 fully saturated rings. The summed E-state index contributed by atoms with van der Waals surface area (Å²) in [5, 5.41) is 3.22. The highest BCUT2D eigenvalue weighted by Gasteiger charge is 2.19. The number of carbonyl (C=O) groups excluding carboxylic acids is 1. The van der Waals surface area contributed by atoms with Crippen LogP contribution in [0.1, 0.15) is 34.9 Å². The molecule has 0 aliphatic carbocycles. The number of hydrogen-bond acceptors (Lipinski definition) is 4. The quantitative estimate of drug-likeness (QED) is 0.575. The number of ether oxygens (including phenoxy) is 2. The highest BCUT2D eigenvalue weighted by molar-refractivity contribution is 8.00. The lowest BCUT2D eigenvalue weighted by molar-refractivity contribution is -0.119. The van der Waals surface area contributed by atoms with Crippen LogP contribution in [0.2, 0.25) is 0 Å². The standard InChI is InChI=1S/C25H25NO3S/c1-18(21-12-13-22-23(16-21)29-15-14-28-22)26-24(27)17-30-25(19-8-4-2-5-9-19)20-10-6-3-7-11-20/h2-13,16,18,25H,14-15,17H2,1H3,(H,26,27). The van der Waals surface area contributed by atoms with Crippen LogP contribution in [-0.2, 0) is 4.79 Å². The molecule has 3 aromatic carbocycles. The van der Waals surface area contributed by atoms with Gasteiger partial charge in [-0.05, 0) is 35.7 Å². The van der Waals surface area contributed by atoms with Crippen molar-refractivity contribution in [2.24, 2.45) is 0 Å². The Hall–Kier alpha value is -2.92. The minimum atomic E-state index is -0.110. The van der Waals surface area contributed by atoms with E-state index in [1.165, 1.54) is 11.1 Å². The summed E-state index contributed by atoms with van der Waals surface area (Å²) < 4.78 is 11.2. The molecule has 5 heteroatoms. The molecule has 30 heavy (non-hydrogen) atoms. The summed E-state index contributed by atoms with van der Waals surface area (Å²) in [6.07, 6.45) is 0. The predicted octanol–water partition coefficient (Wildman–Crippen LogP) is 5.16. The molecule has 3 aromatic rings. The van der Waals surface area contributed by atoms with Crippen molar-refractivity contribution in [3.05, 3.63) is 95.6 Å². The fourth-order valence-corrected chi connectivity index (χ4v) is 4.60. The summed E-state index contributed by atoms with van der Waals surface area (Å²) in [4.78, 5) is 12.7. The molecule has 4 nitrogen and oxygen atoms in total. The molecule has 0 spiro atoms. The van der Waals surface area contributed by atoms with E-state index in [4.69, 9.17) is 9.47 Å². The molecule has 0 radical (unpaired) electrons. The smallest absolute Gasteiger partial charge is 0.230 e. The normalized spacial score (nSPS) is 13.7. The van der Waals surface area contributed by atoms with Gasteiger partial charge in [-0.3, -0.25) is 4.79 Å². The molecule has 1 heterocycles. The van der Waals surface area contributed by atoms with Crippen molar-refractivity contribution in [3.8, 4) is 11.5 Å². The van der Waals surface area contributed by atoms with E-state index in [1.54, 1.807) is 11.8 Å². The van der Waals surface area contributed by atoms with Crippen LogP contribution in [0.25, 0.3) is 0 Å². The first-order valence-corrected chi connectivity index (χ1v) is 11.2. The fraction of sp³-hybridized carbons (Fsp3) is 0.240. The van der Waals surface area contributed by atoms with Crippen molar-refractivity contribution < 1.29 is 14.3 Å². The van der Waals surface area contributed by atoms with Crippen molar-refractivity contribution in [1.82, 2.24) is 5.32 Å². The zero-order valence-corrected chi connectivity index (χ0v) is 17.7. The Morgan fingerprint density at radius 3 is 2.10 bits per heavy atom. The molecular formula is C25H25NO3S. The summed E-state index contributed by atoms with van der Waals surface area (Å²) in [6, 6.07) is 26.3. The lowest BCUT2D eigenvalue weighted by atomic mass is 10.0. The van der Waals surface area contributed by atoms with Gasteiger partial charge in [0.25, 0.3) is 0 Å². The number of amides is 1. The fourth-order valence-electron chi connectivity index (χ4n) is 3.50. The third-order valence-corrected chi connectivity index (χ3v) is 6.34. The number of benzene rings is 3. The second-order valence-corrected chi connectivity index (χ2v) is 8.30. The van der Waals surface area contributed by atoms with Crippen LogP contribution in [0.15, 0.2) is 78.9 Å². The van der Waals surface area contributed by atoms with Gasteiger partial charge in [-0.25, -0.2) is 0 Å².